The van der Waals surface area contributed by atoms with Gasteiger partial charge < -0.3 is 14.2 Å². The number of carbonyl (C=O) groups is 3. The summed E-state index contributed by atoms with van der Waals surface area (Å²) in [5, 5.41) is 0. The van der Waals surface area contributed by atoms with E-state index in [9.17, 15) is 14.4 Å². The molecule has 0 rings (SSSR count). The molecule has 0 N–H and O–H groups in total. The van der Waals surface area contributed by atoms with E-state index in [-0.39, 0.29) is 31.1 Å². The molecule has 0 saturated heterocycles. The van der Waals surface area contributed by atoms with Gasteiger partial charge in [0.25, 0.3) is 0 Å². The molecule has 0 aromatic carbocycles. The first-order valence-corrected chi connectivity index (χ1v) is 32.6. The molecule has 0 aliphatic heterocycles. The number of rotatable bonds is 59. The molecule has 0 amide bonds. The molecule has 0 spiro atoms. The Morgan fingerprint density at radius 2 is 0.513 bits per heavy atom. The van der Waals surface area contributed by atoms with Crippen molar-refractivity contribution in [1.82, 2.24) is 0 Å². The quantitative estimate of drug-likeness (QED) is 0.0261. The standard InChI is InChI=1S/C70H122O6/c1-4-7-10-13-16-18-20-22-24-26-27-28-29-30-31-32-33-34-35-36-37-38-39-40-41-42-43-45-46-48-50-52-54-57-60-63-69(72)75-66-67(65-74-68(71)62-59-56-15-12-9-6-3)76-70(73)64-61-58-55-53-51-49-47-44-25-23-21-19-17-14-11-8-5-2/h7,10,16,18,22,24,27-28,30-31,33-34,36-37,67H,4-6,8-9,11-15,17,19-21,23,25-26,29,32,35,38-66H2,1-3H3/b10-7-,18-16-,24-22-,28-27-,31-30-,34-33-,37-36-. The van der Waals surface area contributed by atoms with Crippen molar-refractivity contribution in [2.24, 2.45) is 0 Å². The fourth-order valence-corrected chi connectivity index (χ4v) is 9.31. The van der Waals surface area contributed by atoms with Crippen LogP contribution in [0, 0.1) is 0 Å². The summed E-state index contributed by atoms with van der Waals surface area (Å²) in [6, 6.07) is 0. The summed E-state index contributed by atoms with van der Waals surface area (Å²) in [4.78, 5) is 38.0. The highest BCUT2D eigenvalue weighted by molar-refractivity contribution is 5.71. The van der Waals surface area contributed by atoms with E-state index in [1.54, 1.807) is 0 Å². The summed E-state index contributed by atoms with van der Waals surface area (Å²) < 4.78 is 16.8. The van der Waals surface area contributed by atoms with Gasteiger partial charge in [-0.15, -0.1) is 0 Å². The molecule has 0 fully saturated rings. The molecule has 0 saturated carbocycles. The fourth-order valence-electron chi connectivity index (χ4n) is 9.31. The second-order valence-electron chi connectivity index (χ2n) is 21.7. The van der Waals surface area contributed by atoms with Crippen LogP contribution >= 0.6 is 0 Å². The average molecular weight is 1060 g/mol. The van der Waals surface area contributed by atoms with Gasteiger partial charge in [-0.1, -0.05) is 311 Å². The molecule has 6 nitrogen and oxygen atoms in total. The first-order chi connectivity index (χ1) is 37.5. The Labute approximate surface area is 471 Å². The van der Waals surface area contributed by atoms with Crippen molar-refractivity contribution in [2.45, 2.75) is 329 Å². The predicted octanol–water partition coefficient (Wildman–Crippen LogP) is 22.3. The van der Waals surface area contributed by atoms with Gasteiger partial charge >= 0.3 is 17.9 Å². The summed E-state index contributed by atoms with van der Waals surface area (Å²) in [5.74, 6) is -0.868. The van der Waals surface area contributed by atoms with Crippen molar-refractivity contribution in [2.75, 3.05) is 13.2 Å². The van der Waals surface area contributed by atoms with Crippen LogP contribution in [0.2, 0.25) is 0 Å². The fraction of sp³-hybridized carbons (Fsp3) is 0.757. The van der Waals surface area contributed by atoms with E-state index in [0.29, 0.717) is 19.3 Å². The monoisotopic (exact) mass is 1060 g/mol. The first-order valence-electron chi connectivity index (χ1n) is 32.6. The van der Waals surface area contributed by atoms with Crippen molar-refractivity contribution < 1.29 is 28.6 Å². The maximum absolute atomic E-state index is 12.8. The van der Waals surface area contributed by atoms with E-state index in [0.717, 1.165) is 103 Å². The highest BCUT2D eigenvalue weighted by Crippen LogP contribution is 2.17. The molecule has 0 heterocycles. The highest BCUT2D eigenvalue weighted by Gasteiger charge is 2.19. The Morgan fingerprint density at radius 1 is 0.276 bits per heavy atom. The second-order valence-corrected chi connectivity index (χ2v) is 21.7. The highest BCUT2D eigenvalue weighted by atomic mass is 16.6. The Balaban J connectivity index is 4.00. The zero-order valence-electron chi connectivity index (χ0n) is 50.3. The normalized spacial score (nSPS) is 12.6. The van der Waals surface area contributed by atoms with Gasteiger partial charge in [0, 0.05) is 19.3 Å². The van der Waals surface area contributed by atoms with Crippen molar-refractivity contribution in [1.29, 1.82) is 0 Å². The van der Waals surface area contributed by atoms with Crippen LogP contribution in [0.5, 0.6) is 0 Å². The van der Waals surface area contributed by atoms with E-state index in [4.69, 9.17) is 14.2 Å². The van der Waals surface area contributed by atoms with Crippen LogP contribution in [0.25, 0.3) is 0 Å². The number of unbranched alkanes of at least 4 members (excludes halogenated alkanes) is 34. The number of ether oxygens (including phenoxy) is 3. The maximum Gasteiger partial charge on any atom is 0.306 e. The molecule has 0 aromatic rings. The third-order valence-electron chi connectivity index (χ3n) is 14.2. The van der Waals surface area contributed by atoms with Gasteiger partial charge in [-0.25, -0.2) is 0 Å². The number of esters is 3. The molecule has 0 aliphatic rings. The number of allylic oxidation sites excluding steroid dienone is 14. The summed E-state index contributed by atoms with van der Waals surface area (Å²) in [6.07, 6.45) is 84.9. The van der Waals surface area contributed by atoms with Crippen molar-refractivity contribution in [3.05, 3.63) is 85.1 Å². The lowest BCUT2D eigenvalue weighted by Gasteiger charge is -2.18. The van der Waals surface area contributed by atoms with Crippen LogP contribution in [0.1, 0.15) is 323 Å². The van der Waals surface area contributed by atoms with Gasteiger partial charge in [-0.3, -0.25) is 14.4 Å². The van der Waals surface area contributed by atoms with Gasteiger partial charge in [0.15, 0.2) is 6.10 Å². The predicted molar refractivity (Wildman–Crippen MR) is 330 cm³/mol. The Morgan fingerprint density at radius 3 is 0.803 bits per heavy atom. The molecule has 0 radical (unpaired) electrons. The van der Waals surface area contributed by atoms with Crippen LogP contribution in [-0.4, -0.2) is 37.2 Å². The molecule has 0 bridgehead atoms. The van der Waals surface area contributed by atoms with Gasteiger partial charge in [-0.05, 0) is 77.0 Å². The number of hydrogen-bond donors (Lipinski definition) is 0. The summed E-state index contributed by atoms with van der Waals surface area (Å²) >= 11 is 0. The molecular weight excluding hydrogens is 937 g/mol. The molecule has 1 unspecified atom stereocenters. The number of carbonyl (C=O) groups excluding carboxylic acids is 3. The summed E-state index contributed by atoms with van der Waals surface area (Å²) in [6.45, 7) is 6.50. The third-order valence-corrected chi connectivity index (χ3v) is 14.2. The lowest BCUT2D eigenvalue weighted by Crippen LogP contribution is -2.30. The Kier molecular flexibility index (Phi) is 61.2. The summed E-state index contributed by atoms with van der Waals surface area (Å²) in [5.41, 5.74) is 0. The molecule has 0 aliphatic carbocycles. The lowest BCUT2D eigenvalue weighted by molar-refractivity contribution is -0.167. The molecule has 6 heteroatoms. The molecule has 1 atom stereocenters. The van der Waals surface area contributed by atoms with E-state index < -0.39 is 6.10 Å². The van der Waals surface area contributed by atoms with Crippen molar-refractivity contribution >= 4 is 17.9 Å². The SMILES string of the molecule is CC/C=C\C/C=C\C/C=C\C/C=C\C/C=C\C/C=C\C/C=C\CCCCCCCCCCCCCCCC(=O)OCC(COC(=O)CCCCCCCC)OC(=O)CCCCCCCCCCCCCCCCCCC. The van der Waals surface area contributed by atoms with Crippen LogP contribution in [0.15, 0.2) is 85.1 Å². The Hall–Kier alpha value is -3.41. The van der Waals surface area contributed by atoms with Crippen LogP contribution in [0.3, 0.4) is 0 Å². The average Bonchev–Trinajstić information content (AvgIpc) is 3.42. The minimum atomic E-state index is -0.770. The van der Waals surface area contributed by atoms with Gasteiger partial charge in [0.05, 0.1) is 0 Å². The lowest BCUT2D eigenvalue weighted by atomic mass is 10.0. The molecule has 76 heavy (non-hydrogen) atoms. The topological polar surface area (TPSA) is 78.9 Å². The zero-order chi connectivity index (χ0) is 55.0. The van der Waals surface area contributed by atoms with Gasteiger partial charge in [0.2, 0.25) is 0 Å². The second kappa shape index (κ2) is 64.1. The van der Waals surface area contributed by atoms with E-state index in [2.05, 4.69) is 106 Å². The maximum atomic E-state index is 12.8. The molecule has 0 aromatic heterocycles. The Bertz CT molecular complexity index is 1450. The molecule has 438 valence electrons. The van der Waals surface area contributed by atoms with E-state index in [1.807, 2.05) is 0 Å². The largest absolute Gasteiger partial charge is 0.462 e. The third kappa shape index (κ3) is 61.4. The van der Waals surface area contributed by atoms with E-state index in [1.165, 1.54) is 180 Å². The first kappa shape index (κ1) is 72.6. The molecular formula is C70H122O6. The van der Waals surface area contributed by atoms with Crippen LogP contribution in [0.4, 0.5) is 0 Å². The van der Waals surface area contributed by atoms with Crippen LogP contribution < -0.4 is 0 Å². The minimum Gasteiger partial charge on any atom is -0.462 e. The van der Waals surface area contributed by atoms with Crippen molar-refractivity contribution in [3.63, 3.8) is 0 Å². The van der Waals surface area contributed by atoms with Gasteiger partial charge in [0.1, 0.15) is 13.2 Å². The van der Waals surface area contributed by atoms with E-state index >= 15 is 0 Å². The minimum absolute atomic E-state index is 0.0716. The number of hydrogen-bond acceptors (Lipinski definition) is 6. The summed E-state index contributed by atoms with van der Waals surface area (Å²) in [7, 11) is 0. The van der Waals surface area contributed by atoms with Crippen LogP contribution in [-0.2, 0) is 28.6 Å². The zero-order valence-corrected chi connectivity index (χ0v) is 50.3. The smallest absolute Gasteiger partial charge is 0.306 e. The van der Waals surface area contributed by atoms with Gasteiger partial charge in [-0.2, -0.15) is 0 Å². The van der Waals surface area contributed by atoms with Crippen molar-refractivity contribution in [3.8, 4) is 0 Å².